The molecule has 3 rings (SSSR count). The summed E-state index contributed by atoms with van der Waals surface area (Å²) in [6, 6.07) is 8.44. The van der Waals surface area contributed by atoms with E-state index >= 15 is 0 Å². The molecule has 1 aromatic heterocycles. The van der Waals surface area contributed by atoms with Crippen molar-refractivity contribution in [1.29, 1.82) is 0 Å². The maximum Gasteiger partial charge on any atom is 0.433 e. The number of carbonyl (C=O) groups is 1. The average Bonchev–Trinajstić information content (AvgIpc) is 3.10. The van der Waals surface area contributed by atoms with Crippen molar-refractivity contribution in [2.24, 2.45) is 0 Å². The predicted octanol–water partition coefficient (Wildman–Crippen LogP) is 3.79. The van der Waals surface area contributed by atoms with Gasteiger partial charge in [0.1, 0.15) is 16.4 Å². The first-order valence-corrected chi connectivity index (χ1v) is 6.91. The highest BCUT2D eigenvalue weighted by Crippen LogP contribution is 2.29. The molecule has 116 valence electrons. The van der Waals surface area contributed by atoms with E-state index in [4.69, 9.17) is 9.15 Å². The van der Waals surface area contributed by atoms with Gasteiger partial charge in [0, 0.05) is 5.56 Å². The number of carbonyl (C=O) groups excluding carboxylic acids is 1. The summed E-state index contributed by atoms with van der Waals surface area (Å²) in [6.45, 7) is 3.98. The lowest BCUT2D eigenvalue weighted by atomic mass is 10.0. The molecule has 0 radical (unpaired) electrons. The van der Waals surface area contributed by atoms with E-state index in [1.54, 1.807) is 6.08 Å². The molecule has 6 nitrogen and oxygen atoms in total. The largest absolute Gasteiger partial charge is 0.433 e. The molecule has 0 spiro atoms. The third-order valence-electron chi connectivity index (χ3n) is 3.61. The van der Waals surface area contributed by atoms with Gasteiger partial charge >= 0.3 is 11.9 Å². The zero-order valence-corrected chi connectivity index (χ0v) is 12.5. The maximum absolute atomic E-state index is 11.9. The molecular weight excluding hydrogens is 298 g/mol. The first-order chi connectivity index (χ1) is 10.9. The molecule has 1 aliphatic heterocycles. The highest BCUT2D eigenvalue weighted by molar-refractivity contribution is 6.04. The molecule has 0 aliphatic carbocycles. The number of aryl methyl sites for hydroxylation is 2. The molecule has 0 saturated carbocycles. The number of hydrogen-bond donors (Lipinski definition) is 0. The van der Waals surface area contributed by atoms with E-state index in [0.29, 0.717) is 5.76 Å². The summed E-state index contributed by atoms with van der Waals surface area (Å²) >= 11 is 0. The first-order valence-electron chi connectivity index (χ1n) is 6.91. The second-order valence-corrected chi connectivity index (χ2v) is 5.23. The highest BCUT2D eigenvalue weighted by Gasteiger charge is 2.23. The van der Waals surface area contributed by atoms with Crippen LogP contribution >= 0.6 is 0 Å². The first kappa shape index (κ1) is 14.8. The zero-order valence-electron chi connectivity index (χ0n) is 12.5. The molecule has 23 heavy (non-hydrogen) atoms. The fourth-order valence-corrected chi connectivity index (χ4v) is 2.20. The Balaban J connectivity index is 1.92. The van der Waals surface area contributed by atoms with Crippen molar-refractivity contribution in [2.75, 3.05) is 0 Å². The van der Waals surface area contributed by atoms with Gasteiger partial charge in [-0.3, -0.25) is 10.1 Å². The van der Waals surface area contributed by atoms with Crippen molar-refractivity contribution < 1.29 is 18.9 Å². The Kier molecular flexibility index (Phi) is 3.57. The number of ether oxygens (including phenoxy) is 1. The number of rotatable bonds is 3. The molecule has 0 amide bonds. The van der Waals surface area contributed by atoms with Gasteiger partial charge in [-0.05, 0) is 49.3 Å². The van der Waals surface area contributed by atoms with Crippen LogP contribution in [-0.2, 0) is 9.53 Å². The molecule has 0 bridgehead atoms. The van der Waals surface area contributed by atoms with Gasteiger partial charge in [-0.15, -0.1) is 0 Å². The van der Waals surface area contributed by atoms with E-state index in [-0.39, 0.29) is 17.2 Å². The topological polar surface area (TPSA) is 82.6 Å². The smallest absolute Gasteiger partial charge is 0.422 e. The molecule has 1 aliphatic rings. The fourth-order valence-electron chi connectivity index (χ4n) is 2.20. The Morgan fingerprint density at radius 1 is 1.13 bits per heavy atom. The van der Waals surface area contributed by atoms with Crippen LogP contribution in [0.4, 0.5) is 5.88 Å². The lowest BCUT2D eigenvalue weighted by Gasteiger charge is -2.05. The van der Waals surface area contributed by atoms with Gasteiger partial charge in [-0.2, -0.15) is 0 Å². The standard InChI is InChI=1S/C17H13NO5/c1-10-3-4-12(7-11(10)2)15-9-13(17(19)23-15)8-14-5-6-16(22-14)18(20)21/h3-9H,1-2H3. The van der Waals surface area contributed by atoms with Crippen molar-refractivity contribution in [3.05, 3.63) is 74.5 Å². The minimum atomic E-state index is -0.634. The second kappa shape index (κ2) is 5.57. The molecule has 6 heteroatoms. The monoisotopic (exact) mass is 311 g/mol. The summed E-state index contributed by atoms with van der Waals surface area (Å²) in [5, 5.41) is 10.6. The minimum Gasteiger partial charge on any atom is -0.422 e. The third kappa shape index (κ3) is 2.91. The SMILES string of the molecule is Cc1ccc(C2=CC(=Cc3ccc([N+](=O)[O-])o3)C(=O)O2)cc1C. The van der Waals surface area contributed by atoms with Crippen LogP contribution in [0.15, 0.2) is 46.4 Å². The molecule has 1 aromatic carbocycles. The van der Waals surface area contributed by atoms with Crippen LogP contribution in [0.25, 0.3) is 11.8 Å². The molecule has 2 heterocycles. The van der Waals surface area contributed by atoms with Crippen LogP contribution in [0.3, 0.4) is 0 Å². The van der Waals surface area contributed by atoms with E-state index in [0.717, 1.165) is 16.7 Å². The zero-order chi connectivity index (χ0) is 16.6. The molecule has 0 unspecified atom stereocenters. The lowest BCUT2D eigenvalue weighted by Crippen LogP contribution is -1.97. The van der Waals surface area contributed by atoms with E-state index < -0.39 is 10.9 Å². The van der Waals surface area contributed by atoms with Crippen LogP contribution in [-0.4, -0.2) is 10.9 Å². The summed E-state index contributed by atoms with van der Waals surface area (Å²) in [5.41, 5.74) is 3.33. The van der Waals surface area contributed by atoms with Crippen molar-refractivity contribution in [3.8, 4) is 0 Å². The van der Waals surface area contributed by atoms with Crippen molar-refractivity contribution >= 4 is 23.7 Å². The second-order valence-electron chi connectivity index (χ2n) is 5.23. The Morgan fingerprint density at radius 3 is 2.57 bits per heavy atom. The van der Waals surface area contributed by atoms with Gasteiger partial charge in [0.15, 0.2) is 0 Å². The van der Waals surface area contributed by atoms with Crippen molar-refractivity contribution in [3.63, 3.8) is 0 Å². The van der Waals surface area contributed by atoms with Gasteiger partial charge < -0.3 is 9.15 Å². The van der Waals surface area contributed by atoms with Gasteiger partial charge in [0.2, 0.25) is 0 Å². The highest BCUT2D eigenvalue weighted by atomic mass is 16.6. The van der Waals surface area contributed by atoms with E-state index in [1.807, 2.05) is 32.0 Å². The number of esters is 1. The Labute approximate surface area is 131 Å². The van der Waals surface area contributed by atoms with Crippen LogP contribution < -0.4 is 0 Å². The Bertz CT molecular complexity index is 873. The van der Waals surface area contributed by atoms with Gasteiger partial charge in [-0.25, -0.2) is 4.79 Å². The number of nitrogens with zero attached hydrogens (tertiary/aromatic N) is 1. The van der Waals surface area contributed by atoms with E-state index in [2.05, 4.69) is 0 Å². The Hall–Kier alpha value is -3.15. The summed E-state index contributed by atoms with van der Waals surface area (Å²) in [6.07, 6.45) is 3.02. The van der Waals surface area contributed by atoms with Gasteiger partial charge in [0.25, 0.3) is 0 Å². The molecule has 0 atom stereocenters. The molecule has 0 saturated heterocycles. The van der Waals surface area contributed by atoms with Gasteiger partial charge in [-0.1, -0.05) is 12.1 Å². The third-order valence-corrected chi connectivity index (χ3v) is 3.61. The van der Waals surface area contributed by atoms with Crippen molar-refractivity contribution in [2.45, 2.75) is 13.8 Å². The number of furan rings is 1. The van der Waals surface area contributed by atoms with Crippen LogP contribution in [0.5, 0.6) is 0 Å². The number of benzene rings is 1. The summed E-state index contributed by atoms with van der Waals surface area (Å²) in [4.78, 5) is 21.9. The van der Waals surface area contributed by atoms with Gasteiger partial charge in [0.05, 0.1) is 11.6 Å². The average molecular weight is 311 g/mol. The molecule has 2 aromatic rings. The van der Waals surface area contributed by atoms with Crippen molar-refractivity contribution in [1.82, 2.24) is 0 Å². The molecule has 0 N–H and O–H groups in total. The van der Waals surface area contributed by atoms with E-state index in [9.17, 15) is 14.9 Å². The lowest BCUT2D eigenvalue weighted by molar-refractivity contribution is -0.402. The van der Waals surface area contributed by atoms with Crippen LogP contribution in [0.2, 0.25) is 0 Å². The maximum atomic E-state index is 11.9. The van der Waals surface area contributed by atoms with Crippen LogP contribution in [0.1, 0.15) is 22.5 Å². The summed E-state index contributed by atoms with van der Waals surface area (Å²) in [7, 11) is 0. The Morgan fingerprint density at radius 2 is 1.91 bits per heavy atom. The summed E-state index contributed by atoms with van der Waals surface area (Å²) < 4.78 is 10.3. The fraction of sp³-hybridized carbons (Fsp3) is 0.118. The minimum absolute atomic E-state index is 0.223. The number of cyclic esters (lactones) is 1. The summed E-state index contributed by atoms with van der Waals surface area (Å²) in [5.74, 6) is -0.217. The normalized spacial score (nSPS) is 15.7. The molecule has 0 fully saturated rings. The number of hydrogen-bond acceptors (Lipinski definition) is 5. The predicted molar refractivity (Wildman–Crippen MR) is 83.3 cm³/mol. The van der Waals surface area contributed by atoms with E-state index in [1.165, 1.54) is 18.2 Å². The quantitative estimate of drug-likeness (QED) is 0.373. The molecular formula is C17H13NO5. The number of nitro groups is 1. The van der Waals surface area contributed by atoms with Crippen LogP contribution in [0, 0.1) is 24.0 Å².